The second-order valence-corrected chi connectivity index (χ2v) is 8.91. The molecule has 1 aromatic carbocycles. The summed E-state index contributed by atoms with van der Waals surface area (Å²) in [5.41, 5.74) is 4.43. The van der Waals surface area contributed by atoms with Gasteiger partial charge in [0.2, 0.25) is 0 Å². The van der Waals surface area contributed by atoms with Crippen LogP contribution in [0.15, 0.2) is 30.5 Å². The van der Waals surface area contributed by atoms with E-state index in [4.69, 9.17) is 33.3 Å². The smallest absolute Gasteiger partial charge is 0.306 e. The first kappa shape index (κ1) is 20.5. The van der Waals surface area contributed by atoms with Crippen molar-refractivity contribution in [3.05, 3.63) is 57.3 Å². The van der Waals surface area contributed by atoms with Crippen LogP contribution in [0.2, 0.25) is 10.0 Å². The average molecular weight is 434 g/mol. The van der Waals surface area contributed by atoms with E-state index in [1.807, 2.05) is 24.4 Å². The van der Waals surface area contributed by atoms with E-state index in [2.05, 4.69) is 22.8 Å². The van der Waals surface area contributed by atoms with Crippen molar-refractivity contribution in [1.29, 1.82) is 0 Å². The Labute approximate surface area is 181 Å². The molecule has 2 saturated heterocycles. The number of aliphatic carboxylic acids is 1. The summed E-state index contributed by atoms with van der Waals surface area (Å²) in [6.45, 7) is 6.28. The van der Waals surface area contributed by atoms with Gasteiger partial charge in [0.1, 0.15) is 0 Å². The molecule has 2 fully saturated rings. The number of rotatable bonds is 5. The van der Waals surface area contributed by atoms with Crippen LogP contribution in [0.4, 0.5) is 5.69 Å². The molecule has 5 nitrogen and oxygen atoms in total. The van der Waals surface area contributed by atoms with Crippen LogP contribution in [0, 0.1) is 12.8 Å². The molecular formula is C22H25Cl2N3O2. The molecule has 2 aliphatic heterocycles. The summed E-state index contributed by atoms with van der Waals surface area (Å²) in [5.74, 6) is -0.444. The maximum atomic E-state index is 11.1. The zero-order valence-corrected chi connectivity index (χ0v) is 18.0. The van der Waals surface area contributed by atoms with Gasteiger partial charge in [-0.15, -0.1) is 0 Å². The topological polar surface area (TPSA) is 56.7 Å². The first-order valence-electron chi connectivity index (χ1n) is 10.0. The molecule has 3 heterocycles. The van der Waals surface area contributed by atoms with E-state index in [-0.39, 0.29) is 5.92 Å². The van der Waals surface area contributed by atoms with Crippen LogP contribution < -0.4 is 4.90 Å². The molecule has 0 unspecified atom stereocenters. The van der Waals surface area contributed by atoms with E-state index >= 15 is 0 Å². The molecule has 0 amide bonds. The third kappa shape index (κ3) is 4.37. The number of likely N-dealkylation sites (tertiary alicyclic amines) is 1. The Morgan fingerprint density at radius 2 is 1.86 bits per heavy atom. The molecule has 154 valence electrons. The molecule has 0 spiro atoms. The van der Waals surface area contributed by atoms with Gasteiger partial charge in [0.25, 0.3) is 0 Å². The Bertz CT molecular complexity index is 887. The number of hydrogen-bond acceptors (Lipinski definition) is 4. The standard InChI is InChI=1S/C22H25Cl2N3O2/c1-14-9-16(17-11-27(12-17)21-18(23)3-2-4-19(21)24)10-25-20(14)13-26-7-5-15(6-8-26)22(28)29/h2-4,9-10,15,17H,5-8,11-13H2,1H3,(H,28,29). The Hall–Kier alpha value is -1.82. The quantitative estimate of drug-likeness (QED) is 0.746. The van der Waals surface area contributed by atoms with Crippen LogP contribution in [0.1, 0.15) is 35.6 Å². The normalized spacial score (nSPS) is 18.7. The number of carboxylic acid groups (broad SMARTS) is 1. The molecule has 0 radical (unpaired) electrons. The molecule has 0 bridgehead atoms. The highest BCUT2D eigenvalue weighted by molar-refractivity contribution is 6.39. The summed E-state index contributed by atoms with van der Waals surface area (Å²) in [7, 11) is 0. The Balaban J connectivity index is 1.36. The minimum Gasteiger partial charge on any atom is -0.481 e. The number of pyridine rings is 1. The molecule has 2 aliphatic rings. The zero-order chi connectivity index (χ0) is 20.5. The van der Waals surface area contributed by atoms with Crippen molar-refractivity contribution in [2.45, 2.75) is 32.2 Å². The molecule has 1 N–H and O–H groups in total. The van der Waals surface area contributed by atoms with E-state index in [0.29, 0.717) is 16.0 Å². The highest BCUT2D eigenvalue weighted by Crippen LogP contribution is 2.40. The number of piperidine rings is 1. The van der Waals surface area contributed by atoms with Crippen LogP contribution in [0.5, 0.6) is 0 Å². The lowest BCUT2D eigenvalue weighted by Crippen LogP contribution is -2.45. The van der Waals surface area contributed by atoms with Crippen molar-refractivity contribution in [3.8, 4) is 0 Å². The van der Waals surface area contributed by atoms with Crippen molar-refractivity contribution in [2.75, 3.05) is 31.1 Å². The van der Waals surface area contributed by atoms with Crippen molar-refractivity contribution in [2.24, 2.45) is 5.92 Å². The van der Waals surface area contributed by atoms with Crippen molar-refractivity contribution in [1.82, 2.24) is 9.88 Å². The van der Waals surface area contributed by atoms with Crippen LogP contribution in [-0.2, 0) is 11.3 Å². The van der Waals surface area contributed by atoms with Crippen LogP contribution in [0.25, 0.3) is 0 Å². The lowest BCUT2D eigenvalue weighted by Gasteiger charge is -2.42. The van der Waals surface area contributed by atoms with E-state index in [1.165, 1.54) is 11.1 Å². The van der Waals surface area contributed by atoms with Gasteiger partial charge in [-0.05, 0) is 56.1 Å². The second kappa shape index (κ2) is 8.50. The molecule has 29 heavy (non-hydrogen) atoms. The number of aromatic nitrogens is 1. The monoisotopic (exact) mass is 433 g/mol. The predicted molar refractivity (Wildman–Crippen MR) is 116 cm³/mol. The van der Waals surface area contributed by atoms with Gasteiger partial charge in [-0.3, -0.25) is 14.7 Å². The van der Waals surface area contributed by atoms with Gasteiger partial charge in [0.05, 0.1) is 27.3 Å². The summed E-state index contributed by atoms with van der Waals surface area (Å²) in [4.78, 5) is 20.4. The molecular weight excluding hydrogens is 409 g/mol. The number of hydrogen-bond donors (Lipinski definition) is 1. The lowest BCUT2D eigenvalue weighted by molar-refractivity contribution is -0.143. The van der Waals surface area contributed by atoms with Gasteiger partial charge in [0.15, 0.2) is 0 Å². The number of nitrogens with zero attached hydrogens (tertiary/aromatic N) is 3. The fourth-order valence-corrected chi connectivity index (χ4v) is 4.86. The summed E-state index contributed by atoms with van der Waals surface area (Å²) in [5, 5.41) is 10.5. The molecule has 4 rings (SSSR count). The molecule has 2 aromatic rings. The van der Waals surface area contributed by atoms with Crippen LogP contribution in [0.3, 0.4) is 0 Å². The maximum Gasteiger partial charge on any atom is 0.306 e. The predicted octanol–water partition coefficient (Wildman–Crippen LogP) is 4.60. The molecule has 7 heteroatoms. The van der Waals surface area contributed by atoms with E-state index in [9.17, 15) is 4.79 Å². The number of aryl methyl sites for hydroxylation is 1. The van der Waals surface area contributed by atoms with Crippen molar-refractivity contribution in [3.63, 3.8) is 0 Å². The molecule has 0 aliphatic carbocycles. The largest absolute Gasteiger partial charge is 0.481 e. The number of carbonyl (C=O) groups is 1. The van der Waals surface area contributed by atoms with Gasteiger partial charge in [-0.1, -0.05) is 35.3 Å². The highest BCUT2D eigenvalue weighted by atomic mass is 35.5. The fourth-order valence-electron chi connectivity index (χ4n) is 4.23. The summed E-state index contributed by atoms with van der Waals surface area (Å²) in [6, 6.07) is 7.84. The van der Waals surface area contributed by atoms with Gasteiger partial charge in [-0.25, -0.2) is 0 Å². The second-order valence-electron chi connectivity index (χ2n) is 8.09. The lowest BCUT2D eigenvalue weighted by atomic mass is 9.91. The fraction of sp³-hybridized carbons (Fsp3) is 0.455. The molecule has 1 aromatic heterocycles. The minimum absolute atomic E-state index is 0.198. The Morgan fingerprint density at radius 3 is 2.45 bits per heavy atom. The minimum atomic E-state index is -0.670. The van der Waals surface area contributed by atoms with Crippen molar-refractivity contribution >= 4 is 34.9 Å². The number of anilines is 1. The maximum absolute atomic E-state index is 11.1. The van der Waals surface area contributed by atoms with Gasteiger partial charge < -0.3 is 10.0 Å². The third-order valence-electron chi connectivity index (χ3n) is 6.12. The average Bonchev–Trinajstić information content (AvgIpc) is 2.65. The first-order chi connectivity index (χ1) is 13.9. The number of carboxylic acids is 1. The molecule has 0 atom stereocenters. The van der Waals surface area contributed by atoms with Gasteiger partial charge >= 0.3 is 5.97 Å². The van der Waals surface area contributed by atoms with E-state index in [0.717, 1.165) is 56.9 Å². The summed E-state index contributed by atoms with van der Waals surface area (Å²) >= 11 is 12.6. The Kier molecular flexibility index (Phi) is 6.00. The number of para-hydroxylation sites is 1. The highest BCUT2D eigenvalue weighted by Gasteiger charge is 2.31. The SMILES string of the molecule is Cc1cc(C2CN(c3c(Cl)cccc3Cl)C2)cnc1CN1CCC(C(=O)O)CC1. The van der Waals surface area contributed by atoms with Crippen molar-refractivity contribution < 1.29 is 9.90 Å². The van der Waals surface area contributed by atoms with Crippen LogP contribution in [-0.4, -0.2) is 47.1 Å². The zero-order valence-electron chi connectivity index (χ0n) is 16.4. The number of benzene rings is 1. The Morgan fingerprint density at radius 1 is 1.21 bits per heavy atom. The number of halogens is 2. The van der Waals surface area contributed by atoms with E-state index in [1.54, 1.807) is 0 Å². The van der Waals surface area contributed by atoms with Crippen LogP contribution >= 0.6 is 23.2 Å². The molecule has 0 saturated carbocycles. The third-order valence-corrected chi connectivity index (χ3v) is 6.73. The van der Waals surface area contributed by atoms with Gasteiger partial charge in [-0.2, -0.15) is 0 Å². The van der Waals surface area contributed by atoms with E-state index < -0.39 is 5.97 Å². The summed E-state index contributed by atoms with van der Waals surface area (Å²) < 4.78 is 0. The van der Waals surface area contributed by atoms with Gasteiger partial charge in [0, 0.05) is 31.7 Å². The first-order valence-corrected chi connectivity index (χ1v) is 10.8. The summed E-state index contributed by atoms with van der Waals surface area (Å²) in [6.07, 6.45) is 3.42.